The van der Waals surface area contributed by atoms with Crippen LogP contribution < -0.4 is 10.0 Å². The fourth-order valence-electron chi connectivity index (χ4n) is 4.41. The topological polar surface area (TPSA) is 21.7 Å². The van der Waals surface area contributed by atoms with Gasteiger partial charge in [0.25, 0.3) is 0 Å². The first-order valence-corrected chi connectivity index (χ1v) is 12.8. The first-order chi connectivity index (χ1) is 15.0. The number of nitrogens with zero attached hydrogens (tertiary/aromatic N) is 1. The summed E-state index contributed by atoms with van der Waals surface area (Å²) in [6.45, 7) is 17.1. The van der Waals surface area contributed by atoms with E-state index in [4.69, 9.17) is 9.47 Å². The summed E-state index contributed by atoms with van der Waals surface area (Å²) in [5.74, 6) is 1.02. The first-order valence-electron chi connectivity index (χ1n) is 11.8. The summed E-state index contributed by atoms with van der Waals surface area (Å²) in [6.07, 6.45) is 2.13. The molecule has 1 unspecified atom stereocenters. The molecule has 0 saturated heterocycles. The molecular weight excluding hydrogens is 413 g/mol. The van der Waals surface area contributed by atoms with E-state index >= 15 is 0 Å². The highest BCUT2D eigenvalue weighted by Gasteiger charge is 2.35. The molecule has 2 rings (SSSR count). The van der Waals surface area contributed by atoms with Crippen LogP contribution in [-0.4, -0.2) is 32.9 Å². The van der Waals surface area contributed by atoms with Gasteiger partial charge in [-0.25, -0.2) is 0 Å². The van der Waals surface area contributed by atoms with E-state index in [0.717, 1.165) is 25.1 Å². The zero-order chi connectivity index (χ0) is 24.1. The molecule has 0 bridgehead atoms. The van der Waals surface area contributed by atoms with Gasteiger partial charge in [-0.3, -0.25) is 0 Å². The van der Waals surface area contributed by atoms with Gasteiger partial charge in [0.15, 0.2) is 6.79 Å². The molecule has 0 radical (unpaired) electrons. The molecule has 0 fully saturated rings. The van der Waals surface area contributed by atoms with Crippen LogP contribution in [0.3, 0.4) is 0 Å². The molecule has 0 aliphatic rings. The van der Waals surface area contributed by atoms with Crippen LogP contribution in [-0.2, 0) is 21.9 Å². The van der Waals surface area contributed by atoms with E-state index in [9.17, 15) is 0 Å². The number of methoxy groups -OCH3 is 1. The van der Waals surface area contributed by atoms with E-state index in [-0.39, 0.29) is 17.4 Å². The molecular formula is C28H44NO2P. The Balaban J connectivity index is 2.72. The molecule has 1 atom stereocenters. The fourth-order valence-corrected chi connectivity index (χ4v) is 6.08. The standard InChI is InChI=1S/C28H44NO2P/c1-11-28(12-2,32-25-14-13-20(3)15-22(25)18-29(8)9)24-17-21(4)16-23(27(5,6)7)26(24)31-19-30-10/h13-17,32H,11-12,18-19H2,1-10H3. The molecule has 0 aliphatic heterocycles. The van der Waals surface area contributed by atoms with Crippen LogP contribution in [0, 0.1) is 13.8 Å². The minimum absolute atomic E-state index is 0.0138. The summed E-state index contributed by atoms with van der Waals surface area (Å²) >= 11 is 0. The lowest BCUT2D eigenvalue weighted by atomic mass is 9.80. The Kier molecular flexibility index (Phi) is 9.35. The van der Waals surface area contributed by atoms with Crippen molar-refractivity contribution in [2.75, 3.05) is 28.0 Å². The third kappa shape index (κ3) is 6.34. The molecule has 0 saturated carbocycles. The number of aryl methyl sites for hydroxylation is 2. The first kappa shape index (κ1) is 26.8. The molecule has 2 aromatic carbocycles. The van der Waals surface area contributed by atoms with E-state index in [1.54, 1.807) is 7.11 Å². The van der Waals surface area contributed by atoms with Gasteiger partial charge >= 0.3 is 0 Å². The number of hydrogen-bond donors (Lipinski definition) is 0. The lowest BCUT2D eigenvalue weighted by Gasteiger charge is -2.37. The fraction of sp³-hybridized carbons (Fsp3) is 0.571. The van der Waals surface area contributed by atoms with Crippen LogP contribution in [0.1, 0.15) is 75.3 Å². The van der Waals surface area contributed by atoms with Crippen molar-refractivity contribution in [2.24, 2.45) is 0 Å². The van der Waals surface area contributed by atoms with Gasteiger partial charge in [0.05, 0.1) is 0 Å². The van der Waals surface area contributed by atoms with Crippen molar-refractivity contribution in [1.29, 1.82) is 0 Å². The zero-order valence-corrected chi connectivity index (χ0v) is 23.0. The maximum absolute atomic E-state index is 6.33. The van der Waals surface area contributed by atoms with Crippen molar-refractivity contribution in [1.82, 2.24) is 4.90 Å². The molecule has 0 spiro atoms. The third-order valence-electron chi connectivity index (χ3n) is 6.21. The largest absolute Gasteiger partial charge is 0.467 e. The summed E-state index contributed by atoms with van der Waals surface area (Å²) in [6, 6.07) is 11.6. The second-order valence-electron chi connectivity index (χ2n) is 10.3. The van der Waals surface area contributed by atoms with Gasteiger partial charge in [0.1, 0.15) is 5.75 Å². The molecule has 0 amide bonds. The van der Waals surface area contributed by atoms with Crippen molar-refractivity contribution in [3.05, 3.63) is 58.1 Å². The van der Waals surface area contributed by atoms with E-state index in [0.29, 0.717) is 8.58 Å². The SMILES string of the molecule is CCC(CC)(Pc1ccc(C)cc1CN(C)C)c1cc(C)cc(C(C)(C)C)c1OCOC. The Morgan fingerprint density at radius 2 is 1.53 bits per heavy atom. The molecule has 0 aliphatic carbocycles. The molecule has 4 heteroatoms. The number of benzene rings is 2. The van der Waals surface area contributed by atoms with E-state index in [2.05, 4.69) is 97.8 Å². The molecule has 0 aromatic heterocycles. The van der Waals surface area contributed by atoms with Crippen LogP contribution >= 0.6 is 8.58 Å². The summed E-state index contributed by atoms with van der Waals surface area (Å²) in [4.78, 5) is 2.26. The molecule has 32 heavy (non-hydrogen) atoms. The predicted molar refractivity (Wildman–Crippen MR) is 141 cm³/mol. The smallest absolute Gasteiger partial charge is 0.188 e. The predicted octanol–water partition coefficient (Wildman–Crippen LogP) is 6.66. The highest BCUT2D eigenvalue weighted by atomic mass is 31.1. The average Bonchev–Trinajstić information content (AvgIpc) is 2.71. The normalized spacial score (nSPS) is 12.8. The average molecular weight is 458 g/mol. The van der Waals surface area contributed by atoms with E-state index < -0.39 is 0 Å². The van der Waals surface area contributed by atoms with Crippen molar-refractivity contribution < 1.29 is 9.47 Å². The number of ether oxygens (including phenoxy) is 2. The van der Waals surface area contributed by atoms with Crippen LogP contribution in [0.15, 0.2) is 30.3 Å². The highest BCUT2D eigenvalue weighted by molar-refractivity contribution is 7.48. The van der Waals surface area contributed by atoms with Gasteiger partial charge in [0, 0.05) is 29.9 Å². The van der Waals surface area contributed by atoms with Gasteiger partial charge in [-0.2, -0.15) is 0 Å². The molecule has 0 heterocycles. The van der Waals surface area contributed by atoms with Crippen LogP contribution in [0.2, 0.25) is 0 Å². The van der Waals surface area contributed by atoms with Crippen molar-refractivity contribution in [3.63, 3.8) is 0 Å². The van der Waals surface area contributed by atoms with E-state index in [1.165, 1.54) is 33.1 Å². The quantitative estimate of drug-likeness (QED) is 0.294. The maximum atomic E-state index is 6.33. The monoisotopic (exact) mass is 457 g/mol. The minimum atomic E-state index is -0.0138. The zero-order valence-electron chi connectivity index (χ0n) is 22.0. The number of rotatable bonds is 10. The van der Waals surface area contributed by atoms with Crippen LogP contribution in [0.5, 0.6) is 5.75 Å². The molecule has 3 nitrogen and oxygen atoms in total. The van der Waals surface area contributed by atoms with Crippen LogP contribution in [0.4, 0.5) is 0 Å². The number of hydrogen-bond acceptors (Lipinski definition) is 3. The molecule has 178 valence electrons. The van der Waals surface area contributed by atoms with Crippen molar-refractivity contribution in [3.8, 4) is 5.75 Å². The lowest BCUT2D eigenvalue weighted by molar-refractivity contribution is 0.0485. The Hall–Kier alpha value is -1.41. The summed E-state index contributed by atoms with van der Waals surface area (Å²) < 4.78 is 11.7. The Labute approximate surface area is 198 Å². The highest BCUT2D eigenvalue weighted by Crippen LogP contribution is 2.52. The van der Waals surface area contributed by atoms with E-state index in [1.807, 2.05) is 0 Å². The van der Waals surface area contributed by atoms with Crippen LogP contribution in [0.25, 0.3) is 0 Å². The Morgan fingerprint density at radius 1 is 0.906 bits per heavy atom. The second kappa shape index (κ2) is 11.1. The minimum Gasteiger partial charge on any atom is -0.467 e. The van der Waals surface area contributed by atoms with Crippen molar-refractivity contribution in [2.45, 2.75) is 78.4 Å². The lowest BCUT2D eigenvalue weighted by Crippen LogP contribution is -2.27. The van der Waals surface area contributed by atoms with Gasteiger partial charge < -0.3 is 14.4 Å². The summed E-state index contributed by atoms with van der Waals surface area (Å²) in [7, 11) is 6.66. The summed E-state index contributed by atoms with van der Waals surface area (Å²) in [5, 5.41) is 1.48. The van der Waals surface area contributed by atoms with Crippen molar-refractivity contribution >= 4 is 13.9 Å². The molecule has 0 N–H and O–H groups in total. The van der Waals surface area contributed by atoms with Gasteiger partial charge in [-0.1, -0.05) is 84.7 Å². The third-order valence-corrected chi connectivity index (χ3v) is 8.42. The van der Waals surface area contributed by atoms with Gasteiger partial charge in [-0.05, 0) is 57.1 Å². The van der Waals surface area contributed by atoms with Gasteiger partial charge in [-0.15, -0.1) is 0 Å². The maximum Gasteiger partial charge on any atom is 0.188 e. The Bertz CT molecular complexity index is 895. The Morgan fingerprint density at radius 3 is 2.06 bits per heavy atom. The van der Waals surface area contributed by atoms with Gasteiger partial charge in [0.2, 0.25) is 0 Å². The molecule has 2 aromatic rings. The summed E-state index contributed by atoms with van der Waals surface area (Å²) in [5.41, 5.74) is 6.63. The second-order valence-corrected chi connectivity index (χ2v) is 12.0.